The standard InChI is InChI=1S/C40H51NO12/c1-44-30-19-26-27(20-31(30)45-2)36(28-21-49-39(43)35(28)34(26)24-10-11-29-32(18-24)52-23-51-29)53-40-38(37(47-4)33(46-3)22-50-40)48-17-9-7-5-6-8-14-41-15-12-25(42)13-16-41/h10-11,18-20,25,33,37-38,40,42H,5-9,12-17,21-23H2,1-4H3/t33-,37+,38-,40+/m1/s1. The monoisotopic (exact) mass is 737 g/mol. The van der Waals surface area contributed by atoms with Crippen molar-refractivity contribution < 1.29 is 57.3 Å². The number of ether oxygens (including phenoxy) is 10. The van der Waals surface area contributed by atoms with Crippen LogP contribution in [0.3, 0.4) is 0 Å². The molecule has 0 aromatic heterocycles. The van der Waals surface area contributed by atoms with Gasteiger partial charge in [-0.3, -0.25) is 0 Å². The first-order chi connectivity index (χ1) is 25.9. The highest BCUT2D eigenvalue weighted by Crippen LogP contribution is 2.50. The summed E-state index contributed by atoms with van der Waals surface area (Å²) in [5.74, 6) is 2.17. The molecule has 2 fully saturated rings. The van der Waals surface area contributed by atoms with Gasteiger partial charge >= 0.3 is 5.97 Å². The second kappa shape index (κ2) is 17.1. The number of piperidine rings is 1. The molecule has 0 unspecified atom stereocenters. The van der Waals surface area contributed by atoms with Crippen LogP contribution in [-0.2, 0) is 30.3 Å². The topological polar surface area (TPSA) is 133 Å². The third-order valence-electron chi connectivity index (χ3n) is 10.8. The number of nitrogens with zero attached hydrogens (tertiary/aromatic N) is 1. The predicted octanol–water partition coefficient (Wildman–Crippen LogP) is 5.48. The molecule has 3 aromatic carbocycles. The lowest BCUT2D eigenvalue weighted by Gasteiger charge is -2.41. The summed E-state index contributed by atoms with van der Waals surface area (Å²) >= 11 is 0. The SMILES string of the molecule is COc1cc2c(O[C@@H]3OC[C@@H](OC)[C@H](OC)[C@H]3OCCCCCCCN3CCC(O)CC3)c3c(c(-c4ccc5c(c4)OCO5)c2cc1OC)C(=O)OC3. The number of rotatable bonds is 16. The summed E-state index contributed by atoms with van der Waals surface area (Å²) in [6.07, 6.45) is 4.57. The van der Waals surface area contributed by atoms with E-state index in [1.165, 1.54) is 0 Å². The van der Waals surface area contributed by atoms with E-state index in [2.05, 4.69) is 4.90 Å². The van der Waals surface area contributed by atoms with Crippen LogP contribution in [0.5, 0.6) is 28.7 Å². The van der Waals surface area contributed by atoms with E-state index >= 15 is 0 Å². The van der Waals surface area contributed by atoms with Gasteiger partial charge in [0.15, 0.2) is 23.0 Å². The van der Waals surface area contributed by atoms with Crippen LogP contribution in [0.1, 0.15) is 60.9 Å². The number of cyclic esters (lactones) is 1. The molecule has 53 heavy (non-hydrogen) atoms. The molecular weight excluding hydrogens is 686 g/mol. The van der Waals surface area contributed by atoms with E-state index in [1.807, 2.05) is 30.3 Å². The fraction of sp³-hybridized carbons (Fsp3) is 0.575. The summed E-state index contributed by atoms with van der Waals surface area (Å²) < 4.78 is 59.8. The van der Waals surface area contributed by atoms with Crippen LogP contribution in [0, 0.1) is 0 Å². The average molecular weight is 738 g/mol. The van der Waals surface area contributed by atoms with Crippen LogP contribution >= 0.6 is 0 Å². The Bertz CT molecular complexity index is 1740. The van der Waals surface area contributed by atoms with Gasteiger partial charge in [-0.1, -0.05) is 25.3 Å². The number of methoxy groups -OCH3 is 4. The fourth-order valence-electron chi connectivity index (χ4n) is 7.85. The number of hydrogen-bond donors (Lipinski definition) is 1. The third kappa shape index (κ3) is 7.87. The van der Waals surface area contributed by atoms with E-state index in [4.69, 9.17) is 47.4 Å². The van der Waals surface area contributed by atoms with E-state index in [1.54, 1.807) is 28.4 Å². The van der Waals surface area contributed by atoms with Crippen LogP contribution < -0.4 is 23.7 Å². The molecule has 0 radical (unpaired) electrons. The summed E-state index contributed by atoms with van der Waals surface area (Å²) in [6.45, 7) is 3.90. The van der Waals surface area contributed by atoms with Crippen molar-refractivity contribution in [3.8, 4) is 39.9 Å². The van der Waals surface area contributed by atoms with Crippen LogP contribution in [0.15, 0.2) is 30.3 Å². The van der Waals surface area contributed by atoms with Gasteiger partial charge in [-0.25, -0.2) is 4.79 Å². The number of unbranched alkanes of at least 4 members (excludes halogenated alkanes) is 4. The number of benzene rings is 3. The van der Waals surface area contributed by atoms with Gasteiger partial charge in [0.1, 0.15) is 30.7 Å². The van der Waals surface area contributed by atoms with Crippen molar-refractivity contribution in [3.05, 3.63) is 41.5 Å². The average Bonchev–Trinajstić information content (AvgIpc) is 3.82. The maximum Gasteiger partial charge on any atom is 0.339 e. The zero-order chi connectivity index (χ0) is 36.9. The van der Waals surface area contributed by atoms with Crippen molar-refractivity contribution in [2.24, 2.45) is 0 Å². The normalized spacial score (nSPS) is 22.9. The van der Waals surface area contributed by atoms with Gasteiger partial charge in [-0.15, -0.1) is 0 Å². The molecule has 288 valence electrons. The van der Waals surface area contributed by atoms with Crippen molar-refractivity contribution in [3.63, 3.8) is 0 Å². The lowest BCUT2D eigenvalue weighted by Crippen LogP contribution is -2.57. The summed E-state index contributed by atoms with van der Waals surface area (Å²) in [5, 5.41) is 11.1. The Morgan fingerprint density at radius 2 is 1.55 bits per heavy atom. The van der Waals surface area contributed by atoms with Gasteiger partial charge in [0.25, 0.3) is 0 Å². The van der Waals surface area contributed by atoms with Crippen LogP contribution in [-0.4, -0.2) is 115 Å². The second-order valence-electron chi connectivity index (χ2n) is 13.9. The molecule has 0 saturated carbocycles. The molecule has 7 rings (SSSR count). The Morgan fingerprint density at radius 1 is 0.811 bits per heavy atom. The van der Waals surface area contributed by atoms with E-state index in [0.717, 1.165) is 70.1 Å². The van der Waals surface area contributed by atoms with Crippen molar-refractivity contribution in [1.82, 2.24) is 4.90 Å². The molecule has 1 N–H and O–H groups in total. The Kier molecular flexibility index (Phi) is 12.1. The Hall–Kier alpha value is -3.85. The number of carbonyl (C=O) groups excluding carboxylic acids is 1. The highest BCUT2D eigenvalue weighted by molar-refractivity contribution is 6.14. The smallest absolute Gasteiger partial charge is 0.339 e. The summed E-state index contributed by atoms with van der Waals surface area (Å²) in [5.41, 5.74) is 2.39. The number of carbonyl (C=O) groups is 1. The summed E-state index contributed by atoms with van der Waals surface area (Å²) in [6, 6.07) is 9.29. The number of aliphatic hydroxyl groups is 1. The number of aliphatic hydroxyl groups excluding tert-OH is 1. The maximum absolute atomic E-state index is 13.6. The first-order valence-corrected chi connectivity index (χ1v) is 18.6. The zero-order valence-corrected chi connectivity index (χ0v) is 31.1. The molecule has 4 aliphatic heterocycles. The maximum atomic E-state index is 13.6. The molecule has 2 saturated heterocycles. The third-order valence-corrected chi connectivity index (χ3v) is 10.8. The molecule has 0 amide bonds. The van der Waals surface area contributed by atoms with Crippen LogP contribution in [0.25, 0.3) is 21.9 Å². The number of esters is 1. The van der Waals surface area contributed by atoms with E-state index in [-0.39, 0.29) is 32.2 Å². The fourth-order valence-corrected chi connectivity index (χ4v) is 7.85. The first-order valence-electron chi connectivity index (χ1n) is 18.6. The van der Waals surface area contributed by atoms with Crippen LogP contribution in [0.2, 0.25) is 0 Å². The number of hydrogen-bond acceptors (Lipinski definition) is 13. The second-order valence-corrected chi connectivity index (χ2v) is 13.9. The molecule has 4 heterocycles. The number of likely N-dealkylation sites (tertiary alicyclic amines) is 1. The molecule has 4 aliphatic rings. The van der Waals surface area contributed by atoms with Gasteiger partial charge in [0.2, 0.25) is 13.1 Å². The molecule has 0 spiro atoms. The molecule has 13 nitrogen and oxygen atoms in total. The van der Waals surface area contributed by atoms with Gasteiger partial charge < -0.3 is 57.4 Å². The van der Waals surface area contributed by atoms with Gasteiger partial charge in [-0.05, 0) is 67.4 Å². The minimum absolute atomic E-state index is 0.0116. The predicted molar refractivity (Wildman–Crippen MR) is 194 cm³/mol. The van der Waals surface area contributed by atoms with Crippen molar-refractivity contribution in [2.45, 2.75) is 82.3 Å². The lowest BCUT2D eigenvalue weighted by atomic mass is 9.89. The number of fused-ring (bicyclic) bond motifs is 3. The lowest BCUT2D eigenvalue weighted by molar-refractivity contribution is -0.264. The highest BCUT2D eigenvalue weighted by atomic mass is 16.7. The summed E-state index contributed by atoms with van der Waals surface area (Å²) in [4.78, 5) is 16.0. The van der Waals surface area contributed by atoms with Crippen molar-refractivity contribution in [1.29, 1.82) is 0 Å². The Morgan fingerprint density at radius 3 is 2.30 bits per heavy atom. The largest absolute Gasteiger partial charge is 0.493 e. The Labute approximate surface area is 310 Å². The van der Waals surface area contributed by atoms with E-state index < -0.39 is 24.5 Å². The Balaban J connectivity index is 1.14. The molecule has 13 heteroatoms. The van der Waals surface area contributed by atoms with Gasteiger partial charge in [0.05, 0.1) is 32.5 Å². The molecular formula is C40H51NO12. The quantitative estimate of drug-likeness (QED) is 0.147. The first kappa shape index (κ1) is 37.5. The van der Waals surface area contributed by atoms with Gasteiger partial charge in [-0.2, -0.15) is 0 Å². The molecule has 0 aliphatic carbocycles. The molecule has 0 bridgehead atoms. The summed E-state index contributed by atoms with van der Waals surface area (Å²) in [7, 11) is 6.41. The molecule has 3 aromatic rings. The molecule has 4 atom stereocenters. The highest BCUT2D eigenvalue weighted by Gasteiger charge is 2.45. The van der Waals surface area contributed by atoms with Crippen molar-refractivity contribution >= 4 is 16.7 Å². The van der Waals surface area contributed by atoms with Crippen molar-refractivity contribution in [2.75, 3.05) is 68.1 Å². The minimum Gasteiger partial charge on any atom is -0.493 e. The van der Waals surface area contributed by atoms with E-state index in [9.17, 15) is 9.90 Å². The van der Waals surface area contributed by atoms with Crippen LogP contribution in [0.4, 0.5) is 0 Å². The minimum atomic E-state index is -0.887. The zero-order valence-electron chi connectivity index (χ0n) is 31.1. The van der Waals surface area contributed by atoms with Gasteiger partial charge in [0, 0.05) is 50.4 Å². The van der Waals surface area contributed by atoms with E-state index in [0.29, 0.717) is 62.8 Å².